The monoisotopic (exact) mass is 1480 g/mol. The van der Waals surface area contributed by atoms with Crippen molar-refractivity contribution in [2.24, 2.45) is 5.92 Å². The minimum absolute atomic E-state index is 0.102. The third kappa shape index (κ3) is 75.6. The van der Waals surface area contributed by atoms with Crippen molar-refractivity contribution < 1.29 is 80.2 Å². The lowest BCUT2D eigenvalue weighted by atomic mass is 10.0. The molecule has 101 heavy (non-hydrogen) atoms. The molecular formula is C82H156O17P2. The highest BCUT2D eigenvalue weighted by molar-refractivity contribution is 7.47. The number of carbonyl (C=O) groups excluding carboxylic acids is 4. The lowest BCUT2D eigenvalue weighted by Crippen LogP contribution is -2.30. The lowest BCUT2D eigenvalue weighted by molar-refractivity contribution is -0.161. The Labute approximate surface area is 618 Å². The minimum Gasteiger partial charge on any atom is -0.462 e. The summed E-state index contributed by atoms with van der Waals surface area (Å²) in [5.41, 5.74) is 0. The molecule has 0 aliphatic carbocycles. The highest BCUT2D eigenvalue weighted by Crippen LogP contribution is 2.45. The molecule has 2 unspecified atom stereocenters. The van der Waals surface area contributed by atoms with Crippen LogP contribution in [0.1, 0.15) is 413 Å². The van der Waals surface area contributed by atoms with Crippen LogP contribution in [0.3, 0.4) is 0 Å². The third-order valence-electron chi connectivity index (χ3n) is 18.7. The molecule has 0 rings (SSSR count). The van der Waals surface area contributed by atoms with E-state index in [1.165, 1.54) is 218 Å². The zero-order chi connectivity index (χ0) is 74.1. The number of hydrogen-bond acceptors (Lipinski definition) is 15. The molecule has 0 aliphatic heterocycles. The van der Waals surface area contributed by atoms with Crippen LogP contribution in [0, 0.1) is 5.92 Å². The van der Waals surface area contributed by atoms with Crippen LogP contribution in [0.25, 0.3) is 0 Å². The zero-order valence-corrected chi connectivity index (χ0v) is 67.3. The predicted molar refractivity (Wildman–Crippen MR) is 414 cm³/mol. The van der Waals surface area contributed by atoms with Gasteiger partial charge in [0, 0.05) is 25.7 Å². The Hall–Kier alpha value is -2.46. The van der Waals surface area contributed by atoms with Gasteiger partial charge in [-0.15, -0.1) is 0 Å². The first-order chi connectivity index (χ1) is 49.0. The summed E-state index contributed by atoms with van der Waals surface area (Å²) in [5, 5.41) is 10.6. The molecule has 0 aromatic heterocycles. The fourth-order valence-electron chi connectivity index (χ4n) is 12.2. The van der Waals surface area contributed by atoms with Gasteiger partial charge in [-0.25, -0.2) is 9.13 Å². The number of aliphatic hydroxyl groups excluding tert-OH is 1. The van der Waals surface area contributed by atoms with Crippen LogP contribution in [0.15, 0.2) is 24.3 Å². The summed E-state index contributed by atoms with van der Waals surface area (Å²) in [4.78, 5) is 73.1. The van der Waals surface area contributed by atoms with E-state index in [9.17, 15) is 43.2 Å². The smallest absolute Gasteiger partial charge is 0.462 e. The van der Waals surface area contributed by atoms with Gasteiger partial charge in [-0.05, 0) is 57.3 Å². The van der Waals surface area contributed by atoms with E-state index in [-0.39, 0.29) is 25.7 Å². The second-order valence-electron chi connectivity index (χ2n) is 29.3. The molecule has 0 fully saturated rings. The van der Waals surface area contributed by atoms with Gasteiger partial charge in [-0.3, -0.25) is 37.3 Å². The first-order valence-corrected chi connectivity index (χ1v) is 44.9. The van der Waals surface area contributed by atoms with E-state index in [1.807, 2.05) is 0 Å². The molecule has 19 heteroatoms. The first kappa shape index (κ1) is 98.5. The number of phosphoric acid groups is 2. The van der Waals surface area contributed by atoms with Crippen molar-refractivity contribution in [2.75, 3.05) is 39.6 Å². The van der Waals surface area contributed by atoms with Gasteiger partial charge >= 0.3 is 39.5 Å². The molecule has 0 bridgehead atoms. The van der Waals surface area contributed by atoms with Crippen LogP contribution in [0.2, 0.25) is 0 Å². The van der Waals surface area contributed by atoms with Crippen molar-refractivity contribution in [3.8, 4) is 0 Å². The standard InChI is InChI=1S/C82H156O17P2/c1-6-9-12-15-18-21-24-27-29-30-31-32-33-35-38-41-47-52-57-62-67-81(86)98-77(71-93-80(85)66-61-56-51-46-40-37-34-28-25-22-19-16-13-10-7-2)73-96-100(88,89)94-69-76(83)70-95-101(90,91)97-74-78(99-82(87)68-63-58-53-48-43-42-44-49-54-59-64-75(4)5)72-92-79(84)65-60-55-50-45-39-36-26-23-20-17-14-11-8-3/h22,25,28,34,75-78,83H,6-21,23-24,26-27,29-33,35-74H2,1-5H3,(H,88,89)(H,90,91)/b25-22-,34-28-/t76-,77-,78-/m1/s1. The number of rotatable bonds is 80. The fourth-order valence-corrected chi connectivity index (χ4v) is 13.8. The number of ether oxygens (including phenoxy) is 4. The SMILES string of the molecule is CCCCCC/C=C\C=C/CCCCCCCC(=O)OC[C@H](COP(=O)(O)OC[C@@H](O)COP(=O)(O)OC[C@@H](COC(=O)CCCCCCCCCCCCCCC)OC(=O)CCCCCCCCCCCCC(C)C)OC(=O)CCCCCCCCCCCCCCCCCCCCCC. The number of esters is 4. The average Bonchev–Trinajstić information content (AvgIpc) is 0.996. The Bertz CT molecular complexity index is 2020. The van der Waals surface area contributed by atoms with Crippen LogP contribution in [-0.4, -0.2) is 96.7 Å². The summed E-state index contributed by atoms with van der Waals surface area (Å²) in [6.45, 7) is 7.26. The van der Waals surface area contributed by atoms with Gasteiger partial charge in [0.1, 0.15) is 19.3 Å². The summed E-state index contributed by atoms with van der Waals surface area (Å²) in [5.74, 6) is -1.38. The van der Waals surface area contributed by atoms with Crippen molar-refractivity contribution in [1.82, 2.24) is 0 Å². The number of aliphatic hydroxyl groups is 1. The quantitative estimate of drug-likeness (QED) is 0.0169. The molecule has 0 amide bonds. The summed E-state index contributed by atoms with van der Waals surface area (Å²) in [7, 11) is -9.93. The van der Waals surface area contributed by atoms with E-state index < -0.39 is 97.5 Å². The topological polar surface area (TPSA) is 237 Å². The van der Waals surface area contributed by atoms with Crippen molar-refractivity contribution in [2.45, 2.75) is 432 Å². The van der Waals surface area contributed by atoms with Crippen molar-refractivity contribution in [1.29, 1.82) is 0 Å². The van der Waals surface area contributed by atoms with E-state index >= 15 is 0 Å². The highest BCUT2D eigenvalue weighted by atomic mass is 31.2. The molecule has 0 aliphatic rings. The summed E-state index contributed by atoms with van der Waals surface area (Å²) >= 11 is 0. The van der Waals surface area contributed by atoms with Crippen LogP contribution in [0.5, 0.6) is 0 Å². The van der Waals surface area contributed by atoms with E-state index in [4.69, 9.17) is 37.0 Å². The van der Waals surface area contributed by atoms with Crippen LogP contribution in [0.4, 0.5) is 0 Å². The summed E-state index contributed by atoms with van der Waals surface area (Å²) < 4.78 is 68.7. The highest BCUT2D eigenvalue weighted by Gasteiger charge is 2.30. The van der Waals surface area contributed by atoms with Crippen LogP contribution < -0.4 is 0 Å². The maximum absolute atomic E-state index is 13.1. The molecule has 0 aromatic rings. The Morgan fingerprint density at radius 1 is 0.307 bits per heavy atom. The molecule has 0 aromatic carbocycles. The van der Waals surface area contributed by atoms with E-state index in [0.717, 1.165) is 115 Å². The molecular weight excluding hydrogens is 1320 g/mol. The van der Waals surface area contributed by atoms with E-state index in [1.54, 1.807) is 0 Å². The first-order valence-electron chi connectivity index (χ1n) is 42.0. The minimum atomic E-state index is -4.97. The van der Waals surface area contributed by atoms with Gasteiger partial charge in [0.25, 0.3) is 0 Å². The average molecular weight is 1480 g/mol. The van der Waals surface area contributed by atoms with Crippen molar-refractivity contribution in [3.05, 3.63) is 24.3 Å². The summed E-state index contributed by atoms with van der Waals surface area (Å²) in [6.07, 6.45) is 68.8. The maximum Gasteiger partial charge on any atom is 0.472 e. The normalized spacial score (nSPS) is 14.0. The van der Waals surface area contributed by atoms with Gasteiger partial charge in [0.05, 0.1) is 26.4 Å². The zero-order valence-electron chi connectivity index (χ0n) is 65.5. The molecule has 0 spiro atoms. The Morgan fingerprint density at radius 3 is 0.812 bits per heavy atom. The number of unbranched alkanes of at least 4 members (excludes halogenated alkanes) is 49. The molecule has 17 nitrogen and oxygen atoms in total. The molecule has 596 valence electrons. The number of hydrogen-bond donors (Lipinski definition) is 3. The third-order valence-corrected chi connectivity index (χ3v) is 20.6. The van der Waals surface area contributed by atoms with Crippen LogP contribution >= 0.6 is 15.6 Å². The molecule has 0 saturated carbocycles. The maximum atomic E-state index is 13.1. The van der Waals surface area contributed by atoms with Gasteiger partial charge < -0.3 is 33.8 Å². The van der Waals surface area contributed by atoms with E-state index in [0.29, 0.717) is 25.7 Å². The Balaban J connectivity index is 5.28. The van der Waals surface area contributed by atoms with Crippen molar-refractivity contribution in [3.63, 3.8) is 0 Å². The van der Waals surface area contributed by atoms with Gasteiger partial charge in [0.2, 0.25) is 0 Å². The second-order valence-corrected chi connectivity index (χ2v) is 32.2. The number of carbonyl (C=O) groups is 4. The number of allylic oxidation sites excluding steroid dienone is 4. The van der Waals surface area contributed by atoms with Gasteiger partial charge in [0.15, 0.2) is 12.2 Å². The van der Waals surface area contributed by atoms with E-state index in [2.05, 4.69) is 58.9 Å². The Kier molecular flexibility index (Phi) is 72.6. The lowest BCUT2D eigenvalue weighted by Gasteiger charge is -2.21. The molecule has 0 heterocycles. The van der Waals surface area contributed by atoms with Gasteiger partial charge in [-0.1, -0.05) is 361 Å². The van der Waals surface area contributed by atoms with Gasteiger partial charge in [-0.2, -0.15) is 0 Å². The van der Waals surface area contributed by atoms with Crippen LogP contribution in [-0.2, 0) is 65.4 Å². The fraction of sp³-hybridized carbons (Fsp3) is 0.902. The molecule has 0 radical (unpaired) electrons. The largest absolute Gasteiger partial charge is 0.472 e. The Morgan fingerprint density at radius 2 is 0.535 bits per heavy atom. The summed E-state index contributed by atoms with van der Waals surface area (Å²) in [6, 6.07) is 0. The van der Waals surface area contributed by atoms with Crippen molar-refractivity contribution >= 4 is 39.5 Å². The molecule has 0 saturated heterocycles. The number of phosphoric ester groups is 2. The second kappa shape index (κ2) is 74.4. The molecule has 5 atom stereocenters. The predicted octanol–water partition coefficient (Wildman–Crippen LogP) is 24.4. The molecule has 3 N–H and O–H groups in total.